The number of carboxylic acid groups (broad SMARTS) is 1. The van der Waals surface area contributed by atoms with Crippen LogP contribution in [0.3, 0.4) is 0 Å². The van der Waals surface area contributed by atoms with Gasteiger partial charge in [-0.2, -0.15) is 0 Å². The molecule has 0 amide bonds. The van der Waals surface area contributed by atoms with Gasteiger partial charge in [0.05, 0.1) is 0 Å². The quantitative estimate of drug-likeness (QED) is 0.835. The third kappa shape index (κ3) is 2.12. The Morgan fingerprint density at radius 2 is 2.00 bits per heavy atom. The summed E-state index contributed by atoms with van der Waals surface area (Å²) in [4.78, 5) is 22.3. The summed E-state index contributed by atoms with van der Waals surface area (Å²) in [6.07, 6.45) is 6.02. The van der Waals surface area contributed by atoms with Gasteiger partial charge in [-0.05, 0) is 22.6 Å². The van der Waals surface area contributed by atoms with Gasteiger partial charge >= 0.3 is 5.97 Å². The molecule has 2 heterocycles. The zero-order valence-electron chi connectivity index (χ0n) is 7.33. The minimum atomic E-state index is -1.07. The van der Waals surface area contributed by atoms with Crippen molar-refractivity contribution in [2.24, 2.45) is 0 Å². The van der Waals surface area contributed by atoms with E-state index in [1.54, 1.807) is 12.4 Å². The molecule has 0 saturated carbocycles. The SMILES string of the molecule is O=C(O)c1cn(-c2ncc(I)cn2)cn1. The first kappa shape index (κ1) is 10.0. The largest absolute Gasteiger partial charge is 0.476 e. The average molecular weight is 316 g/mol. The van der Waals surface area contributed by atoms with E-state index in [1.807, 2.05) is 0 Å². The second-order valence-corrected chi connectivity index (χ2v) is 3.92. The molecule has 0 saturated heterocycles. The van der Waals surface area contributed by atoms with E-state index in [0.29, 0.717) is 5.95 Å². The fraction of sp³-hybridized carbons (Fsp3) is 0. The van der Waals surface area contributed by atoms with Crippen molar-refractivity contribution >= 4 is 28.6 Å². The Morgan fingerprint density at radius 3 is 2.53 bits per heavy atom. The van der Waals surface area contributed by atoms with Crippen LogP contribution in [0.1, 0.15) is 10.5 Å². The van der Waals surface area contributed by atoms with E-state index < -0.39 is 5.97 Å². The second kappa shape index (κ2) is 3.93. The van der Waals surface area contributed by atoms with Crippen LogP contribution in [0.5, 0.6) is 0 Å². The number of aromatic nitrogens is 4. The molecule has 0 radical (unpaired) electrons. The highest BCUT2D eigenvalue weighted by Crippen LogP contribution is 2.05. The number of halogens is 1. The van der Waals surface area contributed by atoms with E-state index in [0.717, 1.165) is 3.57 Å². The van der Waals surface area contributed by atoms with Gasteiger partial charge in [-0.1, -0.05) is 0 Å². The monoisotopic (exact) mass is 316 g/mol. The summed E-state index contributed by atoms with van der Waals surface area (Å²) in [7, 11) is 0. The van der Waals surface area contributed by atoms with Crippen LogP contribution < -0.4 is 0 Å². The molecule has 0 bridgehead atoms. The molecule has 0 aliphatic heterocycles. The van der Waals surface area contributed by atoms with E-state index in [1.165, 1.54) is 17.1 Å². The predicted molar refractivity (Wildman–Crippen MR) is 58.8 cm³/mol. The average Bonchev–Trinajstić information content (AvgIpc) is 2.68. The lowest BCUT2D eigenvalue weighted by Gasteiger charge is -1.97. The fourth-order valence-electron chi connectivity index (χ4n) is 0.981. The molecule has 6 nitrogen and oxygen atoms in total. The third-order valence-corrected chi connectivity index (χ3v) is 2.20. The van der Waals surface area contributed by atoms with Crippen molar-refractivity contribution in [2.45, 2.75) is 0 Å². The lowest BCUT2D eigenvalue weighted by Crippen LogP contribution is -1.99. The molecule has 0 spiro atoms. The molecular formula is C8H5IN4O2. The molecule has 0 atom stereocenters. The molecule has 76 valence electrons. The number of nitrogens with zero attached hydrogens (tertiary/aromatic N) is 4. The Labute approximate surface area is 98.1 Å². The summed E-state index contributed by atoms with van der Waals surface area (Å²) in [6.45, 7) is 0. The fourth-order valence-corrected chi connectivity index (χ4v) is 1.26. The molecule has 0 aliphatic rings. The molecule has 0 aromatic carbocycles. The van der Waals surface area contributed by atoms with Gasteiger partial charge in [-0.3, -0.25) is 4.57 Å². The van der Waals surface area contributed by atoms with Crippen molar-refractivity contribution in [3.63, 3.8) is 0 Å². The van der Waals surface area contributed by atoms with Crippen molar-refractivity contribution in [3.8, 4) is 5.95 Å². The first-order valence-electron chi connectivity index (χ1n) is 3.92. The van der Waals surface area contributed by atoms with Gasteiger partial charge in [-0.25, -0.2) is 19.7 Å². The summed E-state index contributed by atoms with van der Waals surface area (Å²) in [5.41, 5.74) is -0.0304. The predicted octanol–water partition coefficient (Wildman–Crippen LogP) is 0.965. The first-order valence-corrected chi connectivity index (χ1v) is 5.00. The van der Waals surface area contributed by atoms with Crippen molar-refractivity contribution in [1.29, 1.82) is 0 Å². The maximum absolute atomic E-state index is 10.6. The van der Waals surface area contributed by atoms with Gasteiger partial charge in [0.15, 0.2) is 5.69 Å². The third-order valence-electron chi connectivity index (χ3n) is 1.64. The highest BCUT2D eigenvalue weighted by molar-refractivity contribution is 14.1. The Morgan fingerprint density at radius 1 is 1.33 bits per heavy atom. The number of hydrogen-bond acceptors (Lipinski definition) is 4. The summed E-state index contributed by atoms with van der Waals surface area (Å²) < 4.78 is 2.37. The van der Waals surface area contributed by atoms with Crippen molar-refractivity contribution in [3.05, 3.63) is 34.2 Å². The molecule has 0 fully saturated rings. The van der Waals surface area contributed by atoms with Gasteiger partial charge in [0.1, 0.15) is 6.33 Å². The molecule has 15 heavy (non-hydrogen) atoms. The van der Waals surface area contributed by atoms with Crippen molar-refractivity contribution in [2.75, 3.05) is 0 Å². The Bertz CT molecular complexity index is 494. The number of carbonyl (C=O) groups is 1. The minimum Gasteiger partial charge on any atom is -0.476 e. The molecule has 2 aromatic heterocycles. The van der Waals surface area contributed by atoms with Gasteiger partial charge in [0, 0.05) is 22.2 Å². The molecule has 7 heteroatoms. The second-order valence-electron chi connectivity index (χ2n) is 2.67. The highest BCUT2D eigenvalue weighted by atomic mass is 127. The normalized spacial score (nSPS) is 10.2. The summed E-state index contributed by atoms with van der Waals surface area (Å²) in [6, 6.07) is 0. The van der Waals surface area contributed by atoms with Crippen LogP contribution in [0.15, 0.2) is 24.9 Å². The molecule has 2 aromatic rings. The number of aromatic carboxylic acids is 1. The van der Waals surface area contributed by atoms with Gasteiger partial charge in [-0.15, -0.1) is 0 Å². The number of rotatable bonds is 2. The van der Waals surface area contributed by atoms with Crippen LogP contribution in [0.4, 0.5) is 0 Å². The Balaban J connectivity index is 2.37. The van der Waals surface area contributed by atoms with E-state index in [4.69, 9.17) is 5.11 Å². The van der Waals surface area contributed by atoms with Crippen LogP contribution in [-0.2, 0) is 0 Å². The molecule has 1 N–H and O–H groups in total. The number of hydrogen-bond donors (Lipinski definition) is 1. The zero-order chi connectivity index (χ0) is 10.8. The molecule has 0 unspecified atom stereocenters. The summed E-state index contributed by atoms with van der Waals surface area (Å²) in [5, 5.41) is 8.67. The highest BCUT2D eigenvalue weighted by Gasteiger charge is 2.08. The van der Waals surface area contributed by atoms with Gasteiger partial charge in [0.25, 0.3) is 0 Å². The number of carboxylic acids is 1. The Hall–Kier alpha value is -1.51. The summed E-state index contributed by atoms with van der Waals surface area (Å²) >= 11 is 2.09. The van der Waals surface area contributed by atoms with Crippen LogP contribution in [0, 0.1) is 3.57 Å². The number of imidazole rings is 1. The van der Waals surface area contributed by atoms with Crippen LogP contribution in [0.2, 0.25) is 0 Å². The molecule has 2 rings (SSSR count). The minimum absolute atomic E-state index is 0.0304. The molecular weight excluding hydrogens is 311 g/mol. The first-order chi connectivity index (χ1) is 7.16. The van der Waals surface area contributed by atoms with Crippen LogP contribution >= 0.6 is 22.6 Å². The van der Waals surface area contributed by atoms with Crippen LogP contribution in [0.25, 0.3) is 5.95 Å². The van der Waals surface area contributed by atoms with E-state index in [-0.39, 0.29) is 5.69 Å². The smallest absolute Gasteiger partial charge is 0.356 e. The zero-order valence-corrected chi connectivity index (χ0v) is 9.49. The van der Waals surface area contributed by atoms with Crippen molar-refractivity contribution in [1.82, 2.24) is 19.5 Å². The van der Waals surface area contributed by atoms with E-state index in [9.17, 15) is 4.79 Å². The van der Waals surface area contributed by atoms with Crippen LogP contribution in [-0.4, -0.2) is 30.6 Å². The van der Waals surface area contributed by atoms with Crippen molar-refractivity contribution < 1.29 is 9.90 Å². The standard InChI is InChI=1S/C8H5IN4O2/c9-5-1-10-8(11-2-5)13-3-6(7(14)15)12-4-13/h1-4H,(H,14,15). The lowest BCUT2D eigenvalue weighted by molar-refractivity contribution is 0.0691. The van der Waals surface area contributed by atoms with E-state index in [2.05, 4.69) is 37.5 Å². The van der Waals surface area contributed by atoms with E-state index >= 15 is 0 Å². The maximum Gasteiger partial charge on any atom is 0.356 e. The van der Waals surface area contributed by atoms with Gasteiger partial charge < -0.3 is 5.11 Å². The maximum atomic E-state index is 10.6. The molecule has 0 aliphatic carbocycles. The summed E-state index contributed by atoms with van der Waals surface area (Å²) in [5.74, 6) is -0.672. The Kier molecular flexibility index (Phi) is 2.62. The van der Waals surface area contributed by atoms with Gasteiger partial charge in [0.2, 0.25) is 5.95 Å². The topological polar surface area (TPSA) is 80.9 Å². The lowest BCUT2D eigenvalue weighted by atomic mass is 10.5.